The number of hydrogen-bond donors (Lipinski definition) is 1. The monoisotopic (exact) mass is 369 g/mol. The van der Waals surface area contributed by atoms with Gasteiger partial charge in [-0.05, 0) is 42.4 Å². The number of rotatable bonds is 10. The zero-order valence-electron chi connectivity index (χ0n) is 15.8. The first-order valence-electron chi connectivity index (χ1n) is 9.26. The second-order valence-corrected chi connectivity index (χ2v) is 6.43. The molecular formula is C22H27NO4. The third-order valence-corrected chi connectivity index (χ3v) is 4.20. The van der Waals surface area contributed by atoms with Crippen LogP contribution in [0.1, 0.15) is 36.0 Å². The summed E-state index contributed by atoms with van der Waals surface area (Å²) in [5, 5.41) is 0. The normalized spacial score (nSPS) is 10.4. The summed E-state index contributed by atoms with van der Waals surface area (Å²) in [6.45, 7) is 0.265. The van der Waals surface area contributed by atoms with Gasteiger partial charge in [-0.25, -0.2) is 4.79 Å². The summed E-state index contributed by atoms with van der Waals surface area (Å²) in [4.78, 5) is 27.8. The van der Waals surface area contributed by atoms with Gasteiger partial charge in [-0.2, -0.15) is 5.48 Å². The number of unbranched alkanes of at least 4 members (excludes halogenated alkanes) is 1. The Morgan fingerprint density at radius 1 is 0.852 bits per heavy atom. The SMILES string of the molecule is COCCC(=O)ONC(=O)Cc1ccc(CCCCc2ccccc2)cc1. The van der Waals surface area contributed by atoms with Crippen molar-refractivity contribution in [2.75, 3.05) is 13.7 Å². The molecule has 27 heavy (non-hydrogen) atoms. The highest BCUT2D eigenvalue weighted by Crippen LogP contribution is 2.11. The van der Waals surface area contributed by atoms with Crippen LogP contribution < -0.4 is 5.48 Å². The van der Waals surface area contributed by atoms with Gasteiger partial charge < -0.3 is 9.57 Å². The standard InChI is InChI=1S/C22H27NO4/c1-26-16-15-22(25)27-23-21(24)17-20-13-11-19(12-14-20)10-6-5-9-18-7-3-2-4-8-18/h2-4,7-8,11-14H,5-6,9-10,15-17H2,1H3,(H,23,24). The molecule has 0 aliphatic carbocycles. The summed E-state index contributed by atoms with van der Waals surface area (Å²) in [7, 11) is 1.50. The number of aryl methyl sites for hydroxylation is 2. The van der Waals surface area contributed by atoms with Gasteiger partial charge in [-0.15, -0.1) is 0 Å². The Morgan fingerprint density at radius 3 is 2.07 bits per heavy atom. The van der Waals surface area contributed by atoms with Crippen molar-refractivity contribution in [3.8, 4) is 0 Å². The summed E-state index contributed by atoms with van der Waals surface area (Å²) < 4.78 is 4.77. The lowest BCUT2D eigenvalue weighted by Crippen LogP contribution is -2.28. The molecule has 1 N–H and O–H groups in total. The van der Waals surface area contributed by atoms with E-state index in [1.54, 1.807) is 0 Å². The average Bonchev–Trinajstić information content (AvgIpc) is 2.70. The molecule has 0 bridgehead atoms. The Hall–Kier alpha value is -2.66. The minimum Gasteiger partial charge on any atom is -0.384 e. The second kappa shape index (κ2) is 11.9. The maximum absolute atomic E-state index is 11.8. The molecule has 2 aromatic rings. The highest BCUT2D eigenvalue weighted by molar-refractivity contribution is 5.79. The first-order chi connectivity index (χ1) is 13.2. The number of methoxy groups -OCH3 is 1. The fourth-order valence-electron chi connectivity index (χ4n) is 2.70. The number of benzene rings is 2. The van der Waals surface area contributed by atoms with E-state index < -0.39 is 5.97 Å². The molecular weight excluding hydrogens is 342 g/mol. The minimum atomic E-state index is -0.518. The molecule has 144 valence electrons. The van der Waals surface area contributed by atoms with E-state index in [4.69, 9.17) is 4.74 Å². The number of hydroxylamine groups is 1. The smallest absolute Gasteiger partial charge is 0.334 e. The second-order valence-electron chi connectivity index (χ2n) is 6.43. The quantitative estimate of drug-likeness (QED) is 0.515. The van der Waals surface area contributed by atoms with Crippen LogP contribution in [0.3, 0.4) is 0 Å². The maximum atomic E-state index is 11.8. The Labute approximate surface area is 160 Å². The summed E-state index contributed by atoms with van der Waals surface area (Å²) in [5.41, 5.74) is 5.69. The van der Waals surface area contributed by atoms with Crippen LogP contribution in [0.25, 0.3) is 0 Å². The van der Waals surface area contributed by atoms with Crippen LogP contribution in [0, 0.1) is 0 Å². The lowest BCUT2D eigenvalue weighted by Gasteiger charge is -2.07. The van der Waals surface area contributed by atoms with E-state index in [0.29, 0.717) is 0 Å². The Bertz CT molecular complexity index is 698. The largest absolute Gasteiger partial charge is 0.384 e. The molecule has 0 saturated heterocycles. The van der Waals surface area contributed by atoms with Gasteiger partial charge in [0.05, 0.1) is 19.4 Å². The van der Waals surface area contributed by atoms with Crippen molar-refractivity contribution < 1.29 is 19.2 Å². The fraction of sp³-hybridized carbons (Fsp3) is 0.364. The predicted molar refractivity (Wildman–Crippen MR) is 104 cm³/mol. The van der Waals surface area contributed by atoms with Crippen molar-refractivity contribution in [2.24, 2.45) is 0 Å². The van der Waals surface area contributed by atoms with Gasteiger partial charge in [-0.1, -0.05) is 54.6 Å². The van der Waals surface area contributed by atoms with Crippen LogP contribution in [0.4, 0.5) is 0 Å². The zero-order valence-corrected chi connectivity index (χ0v) is 15.8. The molecule has 0 radical (unpaired) electrons. The number of ether oxygens (including phenoxy) is 1. The average molecular weight is 369 g/mol. The Morgan fingerprint density at radius 2 is 1.44 bits per heavy atom. The van der Waals surface area contributed by atoms with Gasteiger partial charge in [0.1, 0.15) is 0 Å². The zero-order chi connectivity index (χ0) is 19.3. The van der Waals surface area contributed by atoms with Crippen LogP contribution in [0.2, 0.25) is 0 Å². The topological polar surface area (TPSA) is 64.6 Å². The van der Waals surface area contributed by atoms with Gasteiger partial charge in [-0.3, -0.25) is 4.79 Å². The minimum absolute atomic E-state index is 0.107. The molecule has 0 spiro atoms. The lowest BCUT2D eigenvalue weighted by molar-refractivity contribution is -0.158. The van der Waals surface area contributed by atoms with Crippen molar-refractivity contribution in [2.45, 2.75) is 38.5 Å². The van der Waals surface area contributed by atoms with E-state index in [2.05, 4.69) is 46.7 Å². The first-order valence-corrected chi connectivity index (χ1v) is 9.26. The van der Waals surface area contributed by atoms with Gasteiger partial charge in [0.15, 0.2) is 0 Å². The highest BCUT2D eigenvalue weighted by Gasteiger charge is 2.08. The van der Waals surface area contributed by atoms with E-state index in [1.807, 2.05) is 18.2 Å². The van der Waals surface area contributed by atoms with Crippen LogP contribution in [0.5, 0.6) is 0 Å². The van der Waals surface area contributed by atoms with Crippen LogP contribution in [-0.2, 0) is 38.4 Å². The van der Waals surface area contributed by atoms with Gasteiger partial charge in [0, 0.05) is 7.11 Å². The van der Waals surface area contributed by atoms with E-state index in [0.717, 1.165) is 31.2 Å². The number of amides is 1. The highest BCUT2D eigenvalue weighted by atomic mass is 16.7. The molecule has 0 unspecified atom stereocenters. The summed E-state index contributed by atoms with van der Waals surface area (Å²) in [6, 6.07) is 18.5. The molecule has 0 heterocycles. The number of nitrogens with one attached hydrogen (secondary N) is 1. The third kappa shape index (κ3) is 8.51. The van der Waals surface area contributed by atoms with Crippen LogP contribution >= 0.6 is 0 Å². The molecule has 1 amide bonds. The van der Waals surface area contributed by atoms with Crippen molar-refractivity contribution in [1.82, 2.24) is 5.48 Å². The lowest BCUT2D eigenvalue weighted by atomic mass is 10.0. The van der Waals surface area contributed by atoms with E-state index >= 15 is 0 Å². The number of carbonyl (C=O) groups is 2. The summed E-state index contributed by atoms with van der Waals surface area (Å²) in [6.07, 6.45) is 4.69. The molecule has 0 aliphatic heterocycles. The van der Waals surface area contributed by atoms with E-state index in [9.17, 15) is 9.59 Å². The van der Waals surface area contributed by atoms with Gasteiger partial charge in [0.25, 0.3) is 5.91 Å². The van der Waals surface area contributed by atoms with Crippen molar-refractivity contribution >= 4 is 11.9 Å². The van der Waals surface area contributed by atoms with Crippen molar-refractivity contribution in [3.05, 3.63) is 71.3 Å². The molecule has 2 rings (SSSR count). The number of carbonyl (C=O) groups excluding carboxylic acids is 2. The summed E-state index contributed by atoms with van der Waals surface area (Å²) in [5.74, 6) is -0.868. The maximum Gasteiger partial charge on any atom is 0.334 e. The molecule has 0 fully saturated rings. The summed E-state index contributed by atoms with van der Waals surface area (Å²) >= 11 is 0. The van der Waals surface area contributed by atoms with Crippen molar-refractivity contribution in [3.63, 3.8) is 0 Å². The Balaban J connectivity index is 1.65. The molecule has 0 atom stereocenters. The van der Waals surface area contributed by atoms with Gasteiger partial charge in [0.2, 0.25) is 0 Å². The van der Waals surface area contributed by atoms with Crippen LogP contribution in [0.15, 0.2) is 54.6 Å². The van der Waals surface area contributed by atoms with E-state index in [1.165, 1.54) is 18.2 Å². The molecule has 5 heteroatoms. The molecule has 2 aromatic carbocycles. The first kappa shape index (κ1) is 20.6. The Kier molecular flexibility index (Phi) is 9.07. The molecule has 5 nitrogen and oxygen atoms in total. The van der Waals surface area contributed by atoms with Gasteiger partial charge >= 0.3 is 5.97 Å². The van der Waals surface area contributed by atoms with Crippen molar-refractivity contribution in [1.29, 1.82) is 0 Å². The molecule has 0 aromatic heterocycles. The molecule has 0 saturated carbocycles. The van der Waals surface area contributed by atoms with Crippen LogP contribution in [-0.4, -0.2) is 25.6 Å². The fourth-order valence-corrected chi connectivity index (χ4v) is 2.70. The number of hydrogen-bond acceptors (Lipinski definition) is 4. The van der Waals surface area contributed by atoms with E-state index in [-0.39, 0.29) is 25.4 Å². The molecule has 0 aliphatic rings. The third-order valence-electron chi connectivity index (χ3n) is 4.20. The predicted octanol–water partition coefficient (Wildman–Crippen LogP) is 3.41.